The average molecular weight is 313 g/mol. The molecule has 0 spiro atoms. The van der Waals surface area contributed by atoms with Crippen molar-refractivity contribution < 1.29 is 9.53 Å². The molecule has 1 unspecified atom stereocenters. The fourth-order valence-electron chi connectivity index (χ4n) is 2.57. The molecule has 3 nitrogen and oxygen atoms in total. The van der Waals surface area contributed by atoms with Gasteiger partial charge in [-0.3, -0.25) is 4.79 Å². The van der Waals surface area contributed by atoms with E-state index in [1.165, 1.54) is 4.90 Å². The summed E-state index contributed by atoms with van der Waals surface area (Å²) in [4.78, 5) is 15.7. The van der Waals surface area contributed by atoms with Gasteiger partial charge in [-0.15, -0.1) is 11.8 Å². The SMILES string of the molecule is CC1CSc2ccccc2N1C(=O)CCOc1ccccc1. The van der Waals surface area contributed by atoms with E-state index in [0.717, 1.165) is 17.2 Å². The monoisotopic (exact) mass is 313 g/mol. The number of benzene rings is 2. The molecule has 1 heterocycles. The maximum atomic E-state index is 12.6. The zero-order valence-electron chi connectivity index (χ0n) is 12.6. The molecule has 0 bridgehead atoms. The van der Waals surface area contributed by atoms with Crippen LogP contribution in [0.4, 0.5) is 5.69 Å². The Balaban J connectivity index is 1.64. The summed E-state index contributed by atoms with van der Waals surface area (Å²) in [6.45, 7) is 2.50. The molecule has 4 heteroatoms. The summed E-state index contributed by atoms with van der Waals surface area (Å²) >= 11 is 1.81. The minimum absolute atomic E-state index is 0.121. The highest BCUT2D eigenvalue weighted by Crippen LogP contribution is 2.37. The van der Waals surface area contributed by atoms with Crippen LogP contribution in [-0.4, -0.2) is 24.3 Å². The Morgan fingerprint density at radius 1 is 1.18 bits per heavy atom. The minimum atomic E-state index is 0.121. The third-order valence-corrected chi connectivity index (χ3v) is 4.95. The van der Waals surface area contributed by atoms with Gasteiger partial charge in [-0.25, -0.2) is 0 Å². The van der Waals surface area contributed by atoms with Gasteiger partial charge in [-0.2, -0.15) is 0 Å². The van der Waals surface area contributed by atoms with E-state index in [1.54, 1.807) is 0 Å². The lowest BCUT2D eigenvalue weighted by Crippen LogP contribution is -2.43. The van der Waals surface area contributed by atoms with Crippen LogP contribution in [0, 0.1) is 0 Å². The van der Waals surface area contributed by atoms with Gasteiger partial charge in [-0.05, 0) is 31.2 Å². The van der Waals surface area contributed by atoms with E-state index in [1.807, 2.05) is 65.2 Å². The van der Waals surface area contributed by atoms with Crippen LogP contribution in [0.25, 0.3) is 0 Å². The number of anilines is 1. The van der Waals surface area contributed by atoms with Crippen molar-refractivity contribution in [1.29, 1.82) is 0 Å². The second-order valence-corrected chi connectivity index (χ2v) is 6.36. The lowest BCUT2D eigenvalue weighted by molar-refractivity contribution is -0.119. The topological polar surface area (TPSA) is 29.5 Å². The Labute approximate surface area is 135 Å². The molecule has 1 aliphatic heterocycles. The van der Waals surface area contributed by atoms with E-state index < -0.39 is 0 Å². The number of amides is 1. The number of nitrogens with zero attached hydrogens (tertiary/aromatic N) is 1. The van der Waals surface area contributed by atoms with Gasteiger partial charge < -0.3 is 9.64 Å². The van der Waals surface area contributed by atoms with E-state index in [4.69, 9.17) is 4.74 Å². The summed E-state index contributed by atoms with van der Waals surface area (Å²) in [5, 5.41) is 0. The summed E-state index contributed by atoms with van der Waals surface area (Å²) < 4.78 is 5.64. The van der Waals surface area contributed by atoms with Crippen molar-refractivity contribution in [1.82, 2.24) is 0 Å². The molecular weight excluding hydrogens is 294 g/mol. The van der Waals surface area contributed by atoms with Gasteiger partial charge in [0.2, 0.25) is 5.91 Å². The lowest BCUT2D eigenvalue weighted by atomic mass is 10.2. The Bertz CT molecular complexity index is 645. The minimum Gasteiger partial charge on any atom is -0.493 e. The number of fused-ring (bicyclic) bond motifs is 1. The molecule has 114 valence electrons. The number of carbonyl (C=O) groups is 1. The second-order valence-electron chi connectivity index (χ2n) is 5.30. The highest BCUT2D eigenvalue weighted by atomic mass is 32.2. The van der Waals surface area contributed by atoms with E-state index >= 15 is 0 Å². The van der Waals surface area contributed by atoms with E-state index in [2.05, 4.69) is 13.0 Å². The maximum Gasteiger partial charge on any atom is 0.230 e. The van der Waals surface area contributed by atoms with Crippen molar-refractivity contribution in [2.24, 2.45) is 0 Å². The van der Waals surface area contributed by atoms with Gasteiger partial charge in [0.05, 0.1) is 18.7 Å². The van der Waals surface area contributed by atoms with E-state index in [-0.39, 0.29) is 11.9 Å². The summed E-state index contributed by atoms with van der Waals surface area (Å²) in [5.74, 6) is 1.86. The number of rotatable bonds is 4. The third kappa shape index (κ3) is 3.28. The molecule has 0 aliphatic carbocycles. The number of carbonyl (C=O) groups excluding carboxylic acids is 1. The molecule has 3 rings (SSSR count). The first-order valence-corrected chi connectivity index (χ1v) is 8.46. The first-order chi connectivity index (χ1) is 10.8. The largest absolute Gasteiger partial charge is 0.493 e. The molecule has 0 N–H and O–H groups in total. The normalized spacial score (nSPS) is 17.0. The third-order valence-electron chi connectivity index (χ3n) is 3.64. The van der Waals surface area contributed by atoms with Crippen molar-refractivity contribution in [2.45, 2.75) is 24.3 Å². The Kier molecular flexibility index (Phi) is 4.68. The Hall–Kier alpha value is -1.94. The smallest absolute Gasteiger partial charge is 0.230 e. The van der Waals surface area contributed by atoms with Crippen molar-refractivity contribution in [3.63, 3.8) is 0 Å². The van der Waals surface area contributed by atoms with Crippen LogP contribution in [0.3, 0.4) is 0 Å². The predicted molar refractivity (Wildman–Crippen MR) is 90.7 cm³/mol. The van der Waals surface area contributed by atoms with E-state index in [9.17, 15) is 4.79 Å². The van der Waals surface area contributed by atoms with Crippen LogP contribution in [-0.2, 0) is 4.79 Å². The highest BCUT2D eigenvalue weighted by molar-refractivity contribution is 7.99. The van der Waals surface area contributed by atoms with Crippen molar-refractivity contribution in [2.75, 3.05) is 17.3 Å². The lowest BCUT2D eigenvalue weighted by Gasteiger charge is -2.34. The Morgan fingerprint density at radius 3 is 2.73 bits per heavy atom. The number of para-hydroxylation sites is 2. The summed E-state index contributed by atoms with van der Waals surface area (Å²) in [5.41, 5.74) is 1.02. The first kappa shape index (κ1) is 15.0. The van der Waals surface area contributed by atoms with Crippen LogP contribution in [0.1, 0.15) is 13.3 Å². The fourth-order valence-corrected chi connectivity index (χ4v) is 3.63. The van der Waals surface area contributed by atoms with Gasteiger partial charge in [-0.1, -0.05) is 30.3 Å². The van der Waals surface area contributed by atoms with Crippen molar-refractivity contribution >= 4 is 23.4 Å². The second kappa shape index (κ2) is 6.88. The van der Waals surface area contributed by atoms with Crippen molar-refractivity contribution in [3.8, 4) is 5.75 Å². The van der Waals surface area contributed by atoms with Gasteiger partial charge in [0.25, 0.3) is 0 Å². The van der Waals surface area contributed by atoms with E-state index in [0.29, 0.717) is 13.0 Å². The molecule has 1 atom stereocenters. The number of hydrogen-bond acceptors (Lipinski definition) is 3. The molecule has 0 radical (unpaired) electrons. The zero-order chi connectivity index (χ0) is 15.4. The highest BCUT2D eigenvalue weighted by Gasteiger charge is 2.28. The average Bonchev–Trinajstić information content (AvgIpc) is 2.55. The quantitative estimate of drug-likeness (QED) is 0.855. The number of hydrogen-bond donors (Lipinski definition) is 0. The molecule has 1 aliphatic rings. The summed E-state index contributed by atoms with van der Waals surface area (Å²) in [6, 6.07) is 17.9. The molecule has 2 aromatic carbocycles. The van der Waals surface area contributed by atoms with Crippen molar-refractivity contribution in [3.05, 3.63) is 54.6 Å². The molecule has 2 aromatic rings. The Morgan fingerprint density at radius 2 is 1.91 bits per heavy atom. The molecule has 0 fully saturated rings. The zero-order valence-corrected chi connectivity index (χ0v) is 13.4. The summed E-state index contributed by atoms with van der Waals surface area (Å²) in [6.07, 6.45) is 0.387. The molecule has 0 saturated carbocycles. The molecule has 1 amide bonds. The van der Waals surface area contributed by atoms with Crippen LogP contribution in [0.5, 0.6) is 5.75 Å². The fraction of sp³-hybridized carbons (Fsp3) is 0.278. The van der Waals surface area contributed by atoms with Gasteiger partial charge in [0.1, 0.15) is 5.75 Å². The number of thioether (sulfide) groups is 1. The molecule has 22 heavy (non-hydrogen) atoms. The van der Waals surface area contributed by atoms with Crippen LogP contribution < -0.4 is 9.64 Å². The molecular formula is C18H19NO2S. The first-order valence-electron chi connectivity index (χ1n) is 7.47. The van der Waals surface area contributed by atoms with Crippen LogP contribution >= 0.6 is 11.8 Å². The molecule has 0 aromatic heterocycles. The number of ether oxygens (including phenoxy) is 1. The van der Waals surface area contributed by atoms with Crippen LogP contribution in [0.15, 0.2) is 59.5 Å². The van der Waals surface area contributed by atoms with Gasteiger partial charge in [0, 0.05) is 16.7 Å². The standard InChI is InChI=1S/C18H19NO2S/c1-14-13-22-17-10-6-5-9-16(17)19(14)18(20)11-12-21-15-7-3-2-4-8-15/h2-10,14H,11-13H2,1H3. The van der Waals surface area contributed by atoms with Crippen LogP contribution in [0.2, 0.25) is 0 Å². The predicted octanol–water partition coefficient (Wildman–Crippen LogP) is 3.98. The van der Waals surface area contributed by atoms with Gasteiger partial charge in [0.15, 0.2) is 0 Å². The molecule has 0 saturated heterocycles. The van der Waals surface area contributed by atoms with Gasteiger partial charge >= 0.3 is 0 Å². The summed E-state index contributed by atoms with van der Waals surface area (Å²) in [7, 11) is 0. The maximum absolute atomic E-state index is 12.6.